The first-order valence-electron chi connectivity index (χ1n) is 16.9. The van der Waals surface area contributed by atoms with Crippen LogP contribution in [0.15, 0.2) is 146 Å². The van der Waals surface area contributed by atoms with Crippen molar-refractivity contribution in [2.75, 3.05) is 4.90 Å². The maximum absolute atomic E-state index is 4.94. The zero-order chi connectivity index (χ0) is 33.3. The molecule has 2 aliphatic carbocycles. The lowest BCUT2D eigenvalue weighted by molar-refractivity contribution is 0.660. The van der Waals surface area contributed by atoms with E-state index in [1.807, 2.05) is 61.2 Å². The van der Waals surface area contributed by atoms with Crippen LogP contribution in [0.25, 0.3) is 44.5 Å². The minimum atomic E-state index is -0.130. The molecule has 49 heavy (non-hydrogen) atoms. The van der Waals surface area contributed by atoms with Gasteiger partial charge in [0.1, 0.15) is 11.6 Å². The van der Waals surface area contributed by atoms with Crippen LogP contribution in [0.1, 0.15) is 49.9 Å². The van der Waals surface area contributed by atoms with Gasteiger partial charge in [0, 0.05) is 46.7 Å². The number of hydrogen-bond donors (Lipinski definition) is 0. The van der Waals surface area contributed by atoms with Gasteiger partial charge in [0.15, 0.2) is 0 Å². The summed E-state index contributed by atoms with van der Waals surface area (Å²) in [5, 5.41) is 0. The largest absolute Gasteiger partial charge is 0.278 e. The Morgan fingerprint density at radius 3 is 1.31 bits per heavy atom. The second-order valence-corrected chi connectivity index (χ2v) is 14.2. The SMILES string of the molecule is CC1(C)c2ccccc2-c2ccc(-c3cncc(-c4ccc5c(c4)C(C)(C)c4ccccc4-5)c3N(c3ccccn3)c3ccccn3)cc21. The number of benzene rings is 4. The Labute approximate surface area is 287 Å². The fraction of sp³-hybridized carbons (Fsp3) is 0.133. The molecule has 0 fully saturated rings. The Balaban J connectivity index is 1.31. The molecule has 0 spiro atoms. The van der Waals surface area contributed by atoms with Crippen molar-refractivity contribution in [1.82, 2.24) is 15.0 Å². The first kappa shape index (κ1) is 29.3. The Hall–Kier alpha value is -5.87. The Bertz CT molecular complexity index is 2230. The molecule has 0 atom stereocenters. The molecular formula is C45H36N4. The van der Waals surface area contributed by atoms with Crippen LogP contribution < -0.4 is 4.90 Å². The Morgan fingerprint density at radius 2 is 0.857 bits per heavy atom. The molecule has 236 valence electrons. The average molecular weight is 633 g/mol. The molecule has 4 nitrogen and oxygen atoms in total. The van der Waals surface area contributed by atoms with Gasteiger partial charge in [-0.25, -0.2) is 9.97 Å². The highest BCUT2D eigenvalue weighted by molar-refractivity contribution is 5.97. The number of anilines is 3. The average Bonchev–Trinajstić information content (AvgIpc) is 3.52. The second kappa shape index (κ2) is 10.8. The van der Waals surface area contributed by atoms with Crippen LogP contribution in [-0.2, 0) is 10.8 Å². The van der Waals surface area contributed by atoms with Crippen molar-refractivity contribution < 1.29 is 0 Å². The van der Waals surface area contributed by atoms with Crippen molar-refractivity contribution in [3.05, 3.63) is 168 Å². The molecule has 0 saturated heterocycles. The third-order valence-electron chi connectivity index (χ3n) is 10.7. The summed E-state index contributed by atoms with van der Waals surface area (Å²) in [5.74, 6) is 1.58. The normalized spacial score (nSPS) is 14.4. The minimum Gasteiger partial charge on any atom is -0.278 e. The number of nitrogens with zero attached hydrogens (tertiary/aromatic N) is 4. The van der Waals surface area contributed by atoms with E-state index >= 15 is 0 Å². The van der Waals surface area contributed by atoms with Crippen LogP contribution in [0.5, 0.6) is 0 Å². The molecule has 0 N–H and O–H groups in total. The zero-order valence-electron chi connectivity index (χ0n) is 28.1. The van der Waals surface area contributed by atoms with Crippen LogP contribution in [-0.4, -0.2) is 15.0 Å². The van der Waals surface area contributed by atoms with Gasteiger partial charge in [-0.3, -0.25) is 9.88 Å². The molecule has 0 amide bonds. The molecule has 7 aromatic rings. The molecule has 0 bridgehead atoms. The highest BCUT2D eigenvalue weighted by atomic mass is 15.2. The number of aromatic nitrogens is 3. The third-order valence-corrected chi connectivity index (χ3v) is 10.7. The molecule has 3 heterocycles. The van der Waals surface area contributed by atoms with Gasteiger partial charge in [-0.15, -0.1) is 0 Å². The van der Waals surface area contributed by atoms with E-state index in [4.69, 9.17) is 15.0 Å². The topological polar surface area (TPSA) is 41.9 Å². The lowest BCUT2D eigenvalue weighted by Crippen LogP contribution is -2.17. The minimum absolute atomic E-state index is 0.130. The molecule has 3 aromatic heterocycles. The smallest absolute Gasteiger partial charge is 0.138 e. The second-order valence-electron chi connectivity index (χ2n) is 14.2. The van der Waals surface area contributed by atoms with E-state index in [0.717, 1.165) is 39.6 Å². The number of fused-ring (bicyclic) bond motifs is 6. The van der Waals surface area contributed by atoms with Crippen molar-refractivity contribution in [2.24, 2.45) is 0 Å². The highest BCUT2D eigenvalue weighted by Crippen LogP contribution is 2.53. The van der Waals surface area contributed by atoms with Crippen LogP contribution in [0.2, 0.25) is 0 Å². The summed E-state index contributed by atoms with van der Waals surface area (Å²) in [6, 6.07) is 43.5. The first-order valence-corrected chi connectivity index (χ1v) is 16.9. The quantitative estimate of drug-likeness (QED) is 0.189. The summed E-state index contributed by atoms with van der Waals surface area (Å²) in [6.45, 7) is 9.32. The Kier molecular flexibility index (Phi) is 6.47. The predicted octanol–water partition coefficient (Wildman–Crippen LogP) is 11.3. The van der Waals surface area contributed by atoms with Gasteiger partial charge in [0.05, 0.1) is 5.69 Å². The van der Waals surface area contributed by atoms with Crippen LogP contribution in [0, 0.1) is 0 Å². The molecule has 0 unspecified atom stereocenters. The van der Waals surface area contributed by atoms with Gasteiger partial charge in [-0.2, -0.15) is 0 Å². The lowest BCUT2D eigenvalue weighted by atomic mass is 9.81. The van der Waals surface area contributed by atoms with Gasteiger partial charge < -0.3 is 0 Å². The van der Waals surface area contributed by atoms with Crippen molar-refractivity contribution >= 4 is 17.3 Å². The van der Waals surface area contributed by atoms with Crippen LogP contribution in [0.3, 0.4) is 0 Å². The summed E-state index contributed by atoms with van der Waals surface area (Å²) < 4.78 is 0. The van der Waals surface area contributed by atoms with E-state index < -0.39 is 0 Å². The van der Waals surface area contributed by atoms with Gasteiger partial charge in [-0.1, -0.05) is 113 Å². The van der Waals surface area contributed by atoms with Crippen molar-refractivity contribution in [1.29, 1.82) is 0 Å². The van der Waals surface area contributed by atoms with E-state index in [2.05, 4.69) is 118 Å². The van der Waals surface area contributed by atoms with Gasteiger partial charge in [0.25, 0.3) is 0 Å². The molecule has 0 aliphatic heterocycles. The van der Waals surface area contributed by atoms with Gasteiger partial charge in [-0.05, 0) is 92.0 Å². The molecule has 4 aromatic carbocycles. The molecule has 2 aliphatic rings. The number of hydrogen-bond acceptors (Lipinski definition) is 4. The van der Waals surface area contributed by atoms with Crippen LogP contribution in [0.4, 0.5) is 17.3 Å². The fourth-order valence-electron chi connectivity index (χ4n) is 8.18. The summed E-state index contributed by atoms with van der Waals surface area (Å²) in [6.07, 6.45) is 7.69. The van der Waals surface area contributed by atoms with E-state index in [1.165, 1.54) is 44.5 Å². The van der Waals surface area contributed by atoms with E-state index in [1.54, 1.807) is 0 Å². The summed E-state index contributed by atoms with van der Waals surface area (Å²) in [5.41, 5.74) is 15.6. The monoisotopic (exact) mass is 632 g/mol. The fourth-order valence-corrected chi connectivity index (χ4v) is 8.18. The number of rotatable bonds is 5. The van der Waals surface area contributed by atoms with Crippen LogP contribution >= 0.6 is 0 Å². The summed E-state index contributed by atoms with van der Waals surface area (Å²) in [7, 11) is 0. The molecule has 4 heteroatoms. The maximum Gasteiger partial charge on any atom is 0.138 e. The zero-order valence-corrected chi connectivity index (χ0v) is 28.1. The lowest BCUT2D eigenvalue weighted by Gasteiger charge is -2.29. The summed E-state index contributed by atoms with van der Waals surface area (Å²) in [4.78, 5) is 16.9. The predicted molar refractivity (Wildman–Crippen MR) is 201 cm³/mol. The van der Waals surface area contributed by atoms with E-state index in [-0.39, 0.29) is 10.8 Å². The molecule has 0 saturated carbocycles. The first-order chi connectivity index (χ1) is 23.8. The van der Waals surface area contributed by atoms with E-state index in [0.29, 0.717) is 0 Å². The summed E-state index contributed by atoms with van der Waals surface area (Å²) >= 11 is 0. The molecule has 9 rings (SSSR count). The van der Waals surface area contributed by atoms with Gasteiger partial charge >= 0.3 is 0 Å². The third kappa shape index (κ3) is 4.40. The molecular weight excluding hydrogens is 597 g/mol. The van der Waals surface area contributed by atoms with E-state index in [9.17, 15) is 0 Å². The maximum atomic E-state index is 4.94. The van der Waals surface area contributed by atoms with Crippen molar-refractivity contribution in [2.45, 2.75) is 38.5 Å². The van der Waals surface area contributed by atoms with Crippen molar-refractivity contribution in [3.63, 3.8) is 0 Å². The highest BCUT2D eigenvalue weighted by Gasteiger charge is 2.37. The Morgan fingerprint density at radius 1 is 0.429 bits per heavy atom. The van der Waals surface area contributed by atoms with Crippen molar-refractivity contribution in [3.8, 4) is 44.5 Å². The molecule has 0 radical (unpaired) electrons. The standard InChI is InChI=1S/C45H36N4/c1-44(2)37-15-7-5-13-31(37)33-21-19-29(25-39(33)44)35-27-46-28-36(43(35)49(41-17-9-11-23-47-41)42-18-10-12-24-48-42)30-20-22-34-32-14-6-8-16-38(32)45(3,4)40(34)26-30/h5-28H,1-4H3. The van der Waals surface area contributed by atoms with Gasteiger partial charge in [0.2, 0.25) is 0 Å². The number of pyridine rings is 3.